The summed E-state index contributed by atoms with van der Waals surface area (Å²) in [6.45, 7) is 6.61. The van der Waals surface area contributed by atoms with Crippen LogP contribution in [0.15, 0.2) is 0 Å². The molecule has 0 heterocycles. The van der Waals surface area contributed by atoms with Gasteiger partial charge in [0.2, 0.25) is 0 Å². The van der Waals surface area contributed by atoms with Crippen molar-refractivity contribution in [1.82, 2.24) is 0 Å². The van der Waals surface area contributed by atoms with Crippen LogP contribution in [0.3, 0.4) is 0 Å². The molecule has 0 bridgehead atoms. The molecule has 1 nitrogen and oxygen atoms in total. The number of alkyl halides is 3. The molecule has 2 N–H and O–H groups in total. The van der Waals surface area contributed by atoms with Crippen LogP contribution in [0.25, 0.3) is 0 Å². The Morgan fingerprint density at radius 1 is 1.17 bits per heavy atom. The zero-order chi connectivity index (χ0) is 14.0. The number of rotatable bonds is 3. The number of halogens is 3. The van der Waals surface area contributed by atoms with Crippen molar-refractivity contribution in [3.63, 3.8) is 0 Å². The molecule has 0 radical (unpaired) electrons. The number of hydrogen-bond donors (Lipinski definition) is 1. The van der Waals surface area contributed by atoms with Gasteiger partial charge in [0.25, 0.3) is 0 Å². The molecule has 1 rings (SSSR count). The average Bonchev–Trinajstić information content (AvgIpc) is 2.17. The molecule has 18 heavy (non-hydrogen) atoms. The van der Waals surface area contributed by atoms with E-state index in [4.69, 9.17) is 5.73 Å². The smallest absolute Gasteiger partial charge is 0.327 e. The zero-order valence-electron chi connectivity index (χ0n) is 11.4. The van der Waals surface area contributed by atoms with Gasteiger partial charge in [-0.1, -0.05) is 32.5 Å². The maximum absolute atomic E-state index is 12.1. The minimum absolute atomic E-state index is 0.0810. The van der Waals surface area contributed by atoms with Crippen LogP contribution in [0.4, 0.5) is 13.2 Å². The van der Waals surface area contributed by atoms with Crippen molar-refractivity contribution in [2.45, 2.75) is 58.0 Å². The first-order valence-electron chi connectivity index (χ1n) is 6.56. The third-order valence-corrected chi connectivity index (χ3v) is 4.79. The van der Waals surface area contributed by atoms with Crippen molar-refractivity contribution < 1.29 is 13.2 Å². The molecule has 1 aliphatic rings. The summed E-state index contributed by atoms with van der Waals surface area (Å²) >= 11 is 0.0824. The summed E-state index contributed by atoms with van der Waals surface area (Å²) in [6.07, 6.45) is 3.61. The van der Waals surface area contributed by atoms with Gasteiger partial charge in [-0.05, 0) is 42.9 Å². The van der Waals surface area contributed by atoms with Crippen LogP contribution in [0, 0.1) is 17.3 Å². The number of thioether (sulfide) groups is 1. The molecule has 0 saturated heterocycles. The molecule has 1 fully saturated rings. The monoisotopic (exact) mass is 283 g/mol. The molecule has 0 aromatic rings. The van der Waals surface area contributed by atoms with Gasteiger partial charge in [-0.2, -0.15) is 13.2 Å². The van der Waals surface area contributed by atoms with Crippen molar-refractivity contribution in [2.75, 3.05) is 5.75 Å². The summed E-state index contributed by atoms with van der Waals surface area (Å²) in [7, 11) is 0. The molecular weight excluding hydrogens is 259 g/mol. The van der Waals surface area contributed by atoms with Crippen LogP contribution in [0.1, 0.15) is 46.5 Å². The predicted molar refractivity (Wildman–Crippen MR) is 71.4 cm³/mol. The van der Waals surface area contributed by atoms with Gasteiger partial charge in [-0.3, -0.25) is 0 Å². The minimum atomic E-state index is -4.11. The maximum Gasteiger partial charge on any atom is 0.441 e. The Morgan fingerprint density at radius 2 is 1.78 bits per heavy atom. The molecule has 1 aliphatic carbocycles. The van der Waals surface area contributed by atoms with Crippen LogP contribution >= 0.6 is 11.8 Å². The van der Waals surface area contributed by atoms with Crippen molar-refractivity contribution in [3.8, 4) is 0 Å². The molecule has 5 heteroatoms. The lowest BCUT2D eigenvalue weighted by Crippen LogP contribution is -2.39. The van der Waals surface area contributed by atoms with Crippen LogP contribution in [-0.4, -0.2) is 17.3 Å². The van der Waals surface area contributed by atoms with Crippen molar-refractivity contribution in [3.05, 3.63) is 0 Å². The van der Waals surface area contributed by atoms with E-state index in [1.54, 1.807) is 0 Å². The topological polar surface area (TPSA) is 26.0 Å². The third kappa shape index (κ3) is 5.39. The summed E-state index contributed by atoms with van der Waals surface area (Å²) in [5.41, 5.74) is 2.17. The fraction of sp³-hybridized carbons (Fsp3) is 1.00. The van der Waals surface area contributed by atoms with Gasteiger partial charge < -0.3 is 5.73 Å². The molecule has 0 amide bonds. The highest BCUT2D eigenvalue weighted by atomic mass is 32.2. The Labute approximate surface area is 112 Å². The van der Waals surface area contributed by atoms with Gasteiger partial charge in [0.1, 0.15) is 0 Å². The van der Waals surface area contributed by atoms with E-state index in [2.05, 4.69) is 20.8 Å². The lowest BCUT2D eigenvalue weighted by atomic mass is 9.67. The first kappa shape index (κ1) is 16.2. The molecule has 108 valence electrons. The quantitative estimate of drug-likeness (QED) is 0.829. The Morgan fingerprint density at radius 3 is 2.28 bits per heavy atom. The van der Waals surface area contributed by atoms with Crippen molar-refractivity contribution >= 4 is 11.8 Å². The van der Waals surface area contributed by atoms with Crippen molar-refractivity contribution in [1.29, 1.82) is 0 Å². The minimum Gasteiger partial charge on any atom is -0.327 e. The first-order chi connectivity index (χ1) is 8.09. The molecule has 1 saturated carbocycles. The lowest BCUT2D eigenvalue weighted by molar-refractivity contribution is -0.0329. The maximum atomic E-state index is 12.1. The van der Waals surface area contributed by atoms with E-state index in [1.165, 1.54) is 0 Å². The van der Waals surface area contributed by atoms with Gasteiger partial charge in [0.15, 0.2) is 0 Å². The van der Waals surface area contributed by atoms with Gasteiger partial charge in [-0.15, -0.1) is 0 Å². The van der Waals surface area contributed by atoms with Gasteiger partial charge in [0.05, 0.1) is 0 Å². The SMILES string of the molecule is CC(C)(C)C1CCC(N)C(CCSC(F)(F)F)C1. The summed E-state index contributed by atoms with van der Waals surface area (Å²) < 4.78 is 36.3. The Bertz CT molecular complexity index is 260. The lowest BCUT2D eigenvalue weighted by Gasteiger charge is -2.40. The molecule has 0 aromatic heterocycles. The Balaban J connectivity index is 2.43. The summed E-state index contributed by atoms with van der Waals surface area (Å²) in [5.74, 6) is 0.967. The van der Waals surface area contributed by atoms with Crippen LogP contribution < -0.4 is 5.73 Å². The second kappa shape index (κ2) is 6.04. The molecular formula is C13H24F3NS. The Kier molecular flexibility index (Phi) is 5.42. The normalized spacial score (nSPS) is 30.5. The highest BCUT2D eigenvalue weighted by molar-refractivity contribution is 8.00. The van der Waals surface area contributed by atoms with E-state index in [9.17, 15) is 13.2 Å². The summed E-state index contributed by atoms with van der Waals surface area (Å²) in [6, 6.07) is 0.0810. The fourth-order valence-electron chi connectivity index (χ4n) is 2.73. The molecule has 0 aromatic carbocycles. The van der Waals surface area contributed by atoms with Gasteiger partial charge in [-0.25, -0.2) is 0 Å². The Hall–Kier alpha value is 0.100. The van der Waals surface area contributed by atoms with E-state index in [0.29, 0.717) is 12.3 Å². The highest BCUT2D eigenvalue weighted by Crippen LogP contribution is 2.41. The zero-order valence-corrected chi connectivity index (χ0v) is 12.2. The average molecular weight is 283 g/mol. The largest absolute Gasteiger partial charge is 0.441 e. The molecule has 3 unspecified atom stereocenters. The molecule has 0 aliphatic heterocycles. The molecule has 3 atom stereocenters. The summed E-state index contributed by atoms with van der Waals surface area (Å²) in [4.78, 5) is 0. The van der Waals surface area contributed by atoms with Crippen LogP contribution in [0.2, 0.25) is 0 Å². The van der Waals surface area contributed by atoms with Crippen LogP contribution in [0.5, 0.6) is 0 Å². The highest BCUT2D eigenvalue weighted by Gasteiger charge is 2.35. The number of hydrogen-bond acceptors (Lipinski definition) is 2. The standard InChI is InChI=1S/C13H24F3NS/c1-12(2,3)10-4-5-11(17)9(8-10)6-7-18-13(14,15)16/h9-11H,4-8,17H2,1-3H3. The van der Waals surface area contributed by atoms with E-state index in [-0.39, 0.29) is 34.9 Å². The fourth-order valence-corrected chi connectivity index (χ4v) is 3.38. The first-order valence-corrected chi connectivity index (χ1v) is 7.54. The van der Waals surface area contributed by atoms with E-state index in [1.807, 2.05) is 0 Å². The van der Waals surface area contributed by atoms with Gasteiger partial charge >= 0.3 is 5.51 Å². The van der Waals surface area contributed by atoms with E-state index >= 15 is 0 Å². The predicted octanol–water partition coefficient (Wildman–Crippen LogP) is 4.42. The summed E-state index contributed by atoms with van der Waals surface area (Å²) in [5, 5.41) is 0. The second-order valence-corrected chi connectivity index (χ2v) is 7.54. The second-order valence-electron chi connectivity index (χ2n) is 6.38. The molecule has 0 spiro atoms. The third-order valence-electron chi connectivity index (χ3n) is 4.02. The van der Waals surface area contributed by atoms with E-state index in [0.717, 1.165) is 19.3 Å². The number of nitrogens with two attached hydrogens (primary N) is 1. The van der Waals surface area contributed by atoms with E-state index < -0.39 is 5.51 Å². The van der Waals surface area contributed by atoms with Crippen LogP contribution in [-0.2, 0) is 0 Å². The van der Waals surface area contributed by atoms with Gasteiger partial charge in [0, 0.05) is 11.8 Å². The van der Waals surface area contributed by atoms with Crippen molar-refractivity contribution in [2.24, 2.45) is 23.0 Å².